The predicted octanol–water partition coefficient (Wildman–Crippen LogP) is 7.07. The second kappa shape index (κ2) is 12.4. The van der Waals surface area contributed by atoms with Crippen LogP contribution >= 0.6 is 11.6 Å². The van der Waals surface area contributed by atoms with Crippen LogP contribution in [-0.4, -0.2) is 19.8 Å². The first-order valence-corrected chi connectivity index (χ1v) is 11.8. The highest BCUT2D eigenvalue weighted by molar-refractivity contribution is 6.31. The number of halogens is 1. The second-order valence-corrected chi connectivity index (χ2v) is 8.49. The first-order chi connectivity index (χ1) is 18.0. The molecule has 1 aromatic heterocycles. The van der Waals surface area contributed by atoms with Crippen molar-refractivity contribution in [1.82, 2.24) is 9.55 Å². The smallest absolute Gasteiger partial charge is 0.291 e. The third-order valence-electron chi connectivity index (χ3n) is 5.70. The first kappa shape index (κ1) is 25.5. The van der Waals surface area contributed by atoms with E-state index in [4.69, 9.17) is 31.7 Å². The Labute approximate surface area is 219 Å². The van der Waals surface area contributed by atoms with Crippen LogP contribution in [0.25, 0.3) is 11.1 Å². The SMILES string of the molecule is Clc1ccccc1COc1ccc(C(c2ccc(-c3ccccc3)cc2)n2ccnc2)cc1.O=[N+]([O-])O. The van der Waals surface area contributed by atoms with E-state index in [1.807, 2.05) is 61.2 Å². The molecule has 0 saturated carbocycles. The van der Waals surface area contributed by atoms with Crippen molar-refractivity contribution in [3.05, 3.63) is 154 Å². The highest BCUT2D eigenvalue weighted by atomic mass is 35.5. The molecule has 0 fully saturated rings. The molecule has 0 bridgehead atoms. The number of rotatable bonds is 7. The molecule has 1 atom stereocenters. The minimum Gasteiger partial charge on any atom is -0.489 e. The highest BCUT2D eigenvalue weighted by Gasteiger charge is 2.16. The minimum absolute atomic E-state index is 0.0231. The Hall–Kier alpha value is -4.62. The summed E-state index contributed by atoms with van der Waals surface area (Å²) in [7, 11) is 0. The van der Waals surface area contributed by atoms with Crippen molar-refractivity contribution in [2.45, 2.75) is 12.6 Å². The molecule has 0 radical (unpaired) electrons. The van der Waals surface area contributed by atoms with E-state index in [0.717, 1.165) is 16.9 Å². The summed E-state index contributed by atoms with van der Waals surface area (Å²) in [6.07, 6.45) is 5.67. The van der Waals surface area contributed by atoms with E-state index in [0.29, 0.717) is 11.6 Å². The maximum absolute atomic E-state index is 8.36. The molecule has 0 saturated heterocycles. The van der Waals surface area contributed by atoms with Gasteiger partial charge in [-0.05, 0) is 40.5 Å². The second-order valence-electron chi connectivity index (χ2n) is 8.09. The maximum Gasteiger partial charge on any atom is 0.291 e. The molecule has 186 valence electrons. The van der Waals surface area contributed by atoms with Crippen molar-refractivity contribution < 1.29 is 15.0 Å². The van der Waals surface area contributed by atoms with Crippen LogP contribution in [0.4, 0.5) is 0 Å². The largest absolute Gasteiger partial charge is 0.489 e. The fourth-order valence-corrected chi connectivity index (χ4v) is 4.16. The molecule has 4 aromatic carbocycles. The number of imidazole rings is 1. The lowest BCUT2D eigenvalue weighted by Gasteiger charge is -2.20. The zero-order chi connectivity index (χ0) is 26.0. The van der Waals surface area contributed by atoms with Crippen LogP contribution in [0, 0.1) is 10.1 Å². The molecule has 0 aliphatic rings. The molecular formula is C29H24ClN3O4. The predicted molar refractivity (Wildman–Crippen MR) is 142 cm³/mol. The molecule has 0 aliphatic heterocycles. The van der Waals surface area contributed by atoms with Gasteiger partial charge in [0.05, 0.1) is 12.4 Å². The minimum atomic E-state index is -1.50. The molecule has 5 rings (SSSR count). The van der Waals surface area contributed by atoms with E-state index in [1.54, 1.807) is 0 Å². The molecule has 0 aliphatic carbocycles. The summed E-state index contributed by atoms with van der Waals surface area (Å²) in [5.74, 6) is 0.808. The van der Waals surface area contributed by atoms with Gasteiger partial charge in [-0.15, -0.1) is 10.1 Å². The molecule has 8 heteroatoms. The Morgan fingerprint density at radius 2 is 1.43 bits per heavy atom. The van der Waals surface area contributed by atoms with Gasteiger partial charge in [0.2, 0.25) is 0 Å². The summed E-state index contributed by atoms with van der Waals surface area (Å²) in [5.41, 5.74) is 5.73. The summed E-state index contributed by atoms with van der Waals surface area (Å²) in [6.45, 7) is 0.435. The fourth-order valence-electron chi connectivity index (χ4n) is 3.97. The van der Waals surface area contributed by atoms with Gasteiger partial charge < -0.3 is 14.5 Å². The van der Waals surface area contributed by atoms with Crippen LogP contribution in [0.5, 0.6) is 5.75 Å². The average molecular weight is 514 g/mol. The van der Waals surface area contributed by atoms with E-state index in [9.17, 15) is 0 Å². The Kier molecular flexibility index (Phi) is 8.52. The molecular weight excluding hydrogens is 490 g/mol. The number of aromatic nitrogens is 2. The summed E-state index contributed by atoms with van der Waals surface area (Å²) >= 11 is 6.24. The lowest BCUT2D eigenvalue weighted by Crippen LogP contribution is -2.10. The van der Waals surface area contributed by atoms with Crippen molar-refractivity contribution in [3.8, 4) is 16.9 Å². The molecule has 5 aromatic rings. The normalized spacial score (nSPS) is 11.2. The Morgan fingerprint density at radius 1 is 0.865 bits per heavy atom. The number of ether oxygens (including phenoxy) is 1. The lowest BCUT2D eigenvalue weighted by atomic mass is 9.96. The number of nitrogens with zero attached hydrogens (tertiary/aromatic N) is 3. The number of hydrogen-bond donors (Lipinski definition) is 1. The van der Waals surface area contributed by atoms with Gasteiger partial charge in [-0.2, -0.15) is 0 Å². The van der Waals surface area contributed by atoms with Crippen LogP contribution in [0.2, 0.25) is 5.02 Å². The van der Waals surface area contributed by atoms with Crippen LogP contribution in [0.15, 0.2) is 122 Å². The Balaban J connectivity index is 0.000000747. The third-order valence-corrected chi connectivity index (χ3v) is 6.07. The van der Waals surface area contributed by atoms with E-state index in [1.165, 1.54) is 16.7 Å². The highest BCUT2D eigenvalue weighted by Crippen LogP contribution is 2.30. The van der Waals surface area contributed by atoms with Crippen LogP contribution < -0.4 is 4.74 Å². The molecule has 1 unspecified atom stereocenters. The topological polar surface area (TPSA) is 90.4 Å². The summed E-state index contributed by atoms with van der Waals surface area (Å²) in [5, 5.41) is 14.4. The van der Waals surface area contributed by atoms with Crippen LogP contribution in [0.3, 0.4) is 0 Å². The standard InChI is InChI=1S/C29H23ClN2O.HNO3/c30-28-9-5-4-8-26(28)20-33-27-16-14-25(15-17-27)29(32-19-18-31-21-32)24-12-10-23(11-13-24)22-6-2-1-3-7-22;2-1(3)4/h1-19,21,29H,20H2;(H,2,3,4). The zero-order valence-corrected chi connectivity index (χ0v) is 20.5. The Morgan fingerprint density at radius 3 is 2.03 bits per heavy atom. The van der Waals surface area contributed by atoms with E-state index < -0.39 is 5.09 Å². The van der Waals surface area contributed by atoms with Crippen molar-refractivity contribution >= 4 is 11.6 Å². The fraction of sp³-hybridized carbons (Fsp3) is 0.0690. The van der Waals surface area contributed by atoms with Crippen LogP contribution in [-0.2, 0) is 6.61 Å². The molecule has 37 heavy (non-hydrogen) atoms. The van der Waals surface area contributed by atoms with Crippen molar-refractivity contribution in [2.24, 2.45) is 0 Å². The molecule has 0 spiro atoms. The summed E-state index contributed by atoms with van der Waals surface area (Å²) in [4.78, 5) is 12.6. The van der Waals surface area contributed by atoms with Gasteiger partial charge in [-0.1, -0.05) is 96.5 Å². The van der Waals surface area contributed by atoms with Gasteiger partial charge in [0, 0.05) is 23.0 Å². The quantitative estimate of drug-likeness (QED) is 0.185. The van der Waals surface area contributed by atoms with E-state index >= 15 is 0 Å². The van der Waals surface area contributed by atoms with E-state index in [-0.39, 0.29) is 6.04 Å². The van der Waals surface area contributed by atoms with Gasteiger partial charge in [0.1, 0.15) is 12.4 Å². The number of hydrogen-bond acceptors (Lipinski definition) is 4. The summed E-state index contributed by atoms with van der Waals surface area (Å²) < 4.78 is 8.09. The van der Waals surface area contributed by atoms with Gasteiger partial charge in [0.15, 0.2) is 0 Å². The maximum atomic E-state index is 8.36. The van der Waals surface area contributed by atoms with Crippen molar-refractivity contribution in [3.63, 3.8) is 0 Å². The molecule has 7 nitrogen and oxygen atoms in total. The van der Waals surface area contributed by atoms with Crippen LogP contribution in [0.1, 0.15) is 22.7 Å². The Bertz CT molecular complexity index is 1400. The summed E-state index contributed by atoms with van der Waals surface area (Å²) in [6, 6.07) is 35.1. The van der Waals surface area contributed by atoms with Gasteiger partial charge in [-0.25, -0.2) is 4.98 Å². The molecule has 1 N–H and O–H groups in total. The molecule has 0 amide bonds. The van der Waals surface area contributed by atoms with Gasteiger partial charge in [-0.3, -0.25) is 0 Å². The van der Waals surface area contributed by atoms with Gasteiger partial charge >= 0.3 is 0 Å². The first-order valence-electron chi connectivity index (χ1n) is 11.4. The molecule has 1 heterocycles. The monoisotopic (exact) mass is 513 g/mol. The van der Waals surface area contributed by atoms with Crippen molar-refractivity contribution in [1.29, 1.82) is 0 Å². The van der Waals surface area contributed by atoms with E-state index in [2.05, 4.69) is 70.2 Å². The third kappa shape index (κ3) is 6.96. The lowest BCUT2D eigenvalue weighted by molar-refractivity contribution is -0.742. The van der Waals surface area contributed by atoms with Crippen molar-refractivity contribution in [2.75, 3.05) is 0 Å². The zero-order valence-electron chi connectivity index (χ0n) is 19.7. The van der Waals surface area contributed by atoms with Gasteiger partial charge in [0.25, 0.3) is 5.09 Å². The average Bonchev–Trinajstić information content (AvgIpc) is 3.44. The number of benzene rings is 4.